The van der Waals surface area contributed by atoms with Crippen LogP contribution in [-0.4, -0.2) is 32.7 Å². The first-order valence-corrected chi connectivity index (χ1v) is 4.05. The average molecular weight is 213 g/mol. The molecule has 2 rings (SSSR count). The minimum Gasteiger partial charge on any atom is -0.463 e. The van der Waals surface area contributed by atoms with E-state index in [0.29, 0.717) is 10.8 Å². The lowest BCUT2D eigenvalue weighted by molar-refractivity contribution is 0.0587. The topological polar surface area (TPSA) is 69.4 Å². The second-order valence-electron chi connectivity index (χ2n) is 2.44. The summed E-state index contributed by atoms with van der Waals surface area (Å²) in [6.45, 7) is 0. The first-order chi connectivity index (χ1) is 6.70. The molecule has 2 aromatic heterocycles. The third kappa shape index (κ3) is 1.39. The molecule has 72 valence electrons. The van der Waals surface area contributed by atoms with Crippen molar-refractivity contribution in [3.63, 3.8) is 0 Å². The standard InChI is InChI=1S/C7H5ClN4O2/c1-14-7(13)6-10-5-2-4(8)9-3-12(5)11-6/h2-3H,1H3. The van der Waals surface area contributed by atoms with Crippen LogP contribution in [0.5, 0.6) is 0 Å². The van der Waals surface area contributed by atoms with E-state index >= 15 is 0 Å². The lowest BCUT2D eigenvalue weighted by Crippen LogP contribution is -2.03. The number of methoxy groups -OCH3 is 1. The summed E-state index contributed by atoms with van der Waals surface area (Å²) in [7, 11) is 1.26. The van der Waals surface area contributed by atoms with Gasteiger partial charge in [-0.2, -0.15) is 0 Å². The molecule has 0 bridgehead atoms. The van der Waals surface area contributed by atoms with Crippen LogP contribution in [0.2, 0.25) is 5.15 Å². The molecular formula is C7H5ClN4O2. The largest absolute Gasteiger partial charge is 0.463 e. The van der Waals surface area contributed by atoms with E-state index in [2.05, 4.69) is 19.8 Å². The maximum atomic E-state index is 11.1. The van der Waals surface area contributed by atoms with Crippen LogP contribution in [0.15, 0.2) is 12.4 Å². The molecule has 0 fully saturated rings. The Kier molecular flexibility index (Phi) is 2.05. The molecule has 7 heteroatoms. The Bertz CT molecular complexity index is 495. The van der Waals surface area contributed by atoms with Crippen molar-refractivity contribution in [1.82, 2.24) is 19.6 Å². The molecule has 14 heavy (non-hydrogen) atoms. The van der Waals surface area contributed by atoms with Crippen molar-refractivity contribution in [3.05, 3.63) is 23.4 Å². The van der Waals surface area contributed by atoms with Crippen LogP contribution in [0.4, 0.5) is 0 Å². The number of halogens is 1. The second kappa shape index (κ2) is 3.22. The molecule has 0 unspecified atom stereocenters. The zero-order valence-corrected chi connectivity index (χ0v) is 7.89. The van der Waals surface area contributed by atoms with Gasteiger partial charge in [0, 0.05) is 6.07 Å². The smallest absolute Gasteiger partial charge is 0.377 e. The summed E-state index contributed by atoms with van der Waals surface area (Å²) in [5, 5.41) is 4.13. The number of carbonyl (C=O) groups excluding carboxylic acids is 1. The Morgan fingerprint density at radius 1 is 1.64 bits per heavy atom. The minimum absolute atomic E-state index is 0.0171. The SMILES string of the molecule is COC(=O)c1nc2cc(Cl)ncn2n1. The van der Waals surface area contributed by atoms with E-state index in [9.17, 15) is 4.79 Å². The van der Waals surface area contributed by atoms with Gasteiger partial charge in [0.2, 0.25) is 0 Å². The zero-order chi connectivity index (χ0) is 10.1. The van der Waals surface area contributed by atoms with E-state index in [1.807, 2.05) is 0 Å². The average Bonchev–Trinajstić information content (AvgIpc) is 2.59. The van der Waals surface area contributed by atoms with E-state index < -0.39 is 5.97 Å². The number of aromatic nitrogens is 4. The predicted molar refractivity (Wildman–Crippen MR) is 47.1 cm³/mol. The maximum Gasteiger partial charge on any atom is 0.377 e. The number of esters is 1. The van der Waals surface area contributed by atoms with Gasteiger partial charge in [-0.15, -0.1) is 5.10 Å². The fraction of sp³-hybridized carbons (Fsp3) is 0.143. The van der Waals surface area contributed by atoms with Gasteiger partial charge in [-0.05, 0) is 0 Å². The van der Waals surface area contributed by atoms with Gasteiger partial charge in [0.15, 0.2) is 5.65 Å². The van der Waals surface area contributed by atoms with Crippen LogP contribution in [-0.2, 0) is 4.74 Å². The van der Waals surface area contributed by atoms with E-state index in [0.717, 1.165) is 0 Å². The third-order valence-corrected chi connectivity index (χ3v) is 1.77. The Labute approximate surface area is 83.5 Å². The van der Waals surface area contributed by atoms with Gasteiger partial charge in [-0.25, -0.2) is 19.3 Å². The monoisotopic (exact) mass is 212 g/mol. The number of hydrogen-bond acceptors (Lipinski definition) is 5. The molecule has 6 nitrogen and oxygen atoms in total. The van der Waals surface area contributed by atoms with Crippen molar-refractivity contribution < 1.29 is 9.53 Å². The second-order valence-corrected chi connectivity index (χ2v) is 2.83. The van der Waals surface area contributed by atoms with Gasteiger partial charge in [-0.3, -0.25) is 0 Å². The molecule has 0 aliphatic rings. The molecule has 0 aliphatic heterocycles. The van der Waals surface area contributed by atoms with Gasteiger partial charge < -0.3 is 4.74 Å². The molecule has 0 amide bonds. The first-order valence-electron chi connectivity index (χ1n) is 3.67. The summed E-state index contributed by atoms with van der Waals surface area (Å²) in [5.41, 5.74) is 0.449. The number of ether oxygens (including phenoxy) is 1. The molecule has 0 spiro atoms. The molecule has 0 aliphatic carbocycles. The van der Waals surface area contributed by atoms with E-state index in [1.165, 1.54) is 24.0 Å². The first kappa shape index (κ1) is 8.89. The van der Waals surface area contributed by atoms with Gasteiger partial charge in [0.05, 0.1) is 7.11 Å². The third-order valence-electron chi connectivity index (χ3n) is 1.56. The molecule has 0 saturated carbocycles. The minimum atomic E-state index is -0.593. The van der Waals surface area contributed by atoms with Crippen molar-refractivity contribution in [3.8, 4) is 0 Å². The van der Waals surface area contributed by atoms with Crippen molar-refractivity contribution in [2.45, 2.75) is 0 Å². The number of nitrogens with zero attached hydrogens (tertiary/aromatic N) is 4. The number of fused-ring (bicyclic) bond motifs is 1. The Hall–Kier alpha value is -1.69. The van der Waals surface area contributed by atoms with Crippen LogP contribution in [0.25, 0.3) is 5.65 Å². The van der Waals surface area contributed by atoms with Crippen LogP contribution >= 0.6 is 11.6 Å². The number of rotatable bonds is 1. The number of hydrogen-bond donors (Lipinski definition) is 0. The maximum absolute atomic E-state index is 11.1. The summed E-state index contributed by atoms with van der Waals surface area (Å²) in [5.74, 6) is -0.610. The fourth-order valence-electron chi connectivity index (χ4n) is 0.950. The van der Waals surface area contributed by atoms with Crippen molar-refractivity contribution in [2.24, 2.45) is 0 Å². The normalized spacial score (nSPS) is 10.4. The number of carbonyl (C=O) groups is 1. The highest BCUT2D eigenvalue weighted by molar-refractivity contribution is 6.29. The highest BCUT2D eigenvalue weighted by Crippen LogP contribution is 2.07. The van der Waals surface area contributed by atoms with Crippen molar-refractivity contribution in [1.29, 1.82) is 0 Å². The molecule has 2 aromatic rings. The van der Waals surface area contributed by atoms with Crippen LogP contribution in [0.1, 0.15) is 10.6 Å². The summed E-state index contributed by atoms with van der Waals surface area (Å²) in [6.07, 6.45) is 1.37. The summed E-state index contributed by atoms with van der Waals surface area (Å²) < 4.78 is 5.81. The molecule has 0 saturated heterocycles. The van der Waals surface area contributed by atoms with Crippen LogP contribution in [0.3, 0.4) is 0 Å². The fourth-order valence-corrected chi connectivity index (χ4v) is 1.09. The van der Waals surface area contributed by atoms with E-state index in [4.69, 9.17) is 11.6 Å². The van der Waals surface area contributed by atoms with Crippen LogP contribution < -0.4 is 0 Å². The highest BCUT2D eigenvalue weighted by atomic mass is 35.5. The van der Waals surface area contributed by atoms with E-state index in [1.54, 1.807) is 0 Å². The predicted octanol–water partition coefficient (Wildman–Crippen LogP) is 0.564. The van der Waals surface area contributed by atoms with Crippen molar-refractivity contribution >= 4 is 23.2 Å². The Morgan fingerprint density at radius 3 is 3.14 bits per heavy atom. The molecule has 0 N–H and O–H groups in total. The molecular weight excluding hydrogens is 208 g/mol. The molecule has 0 aromatic carbocycles. The molecule has 2 heterocycles. The lowest BCUT2D eigenvalue weighted by atomic mass is 10.6. The van der Waals surface area contributed by atoms with Gasteiger partial charge >= 0.3 is 5.97 Å². The Balaban J connectivity index is 2.56. The van der Waals surface area contributed by atoms with Crippen LogP contribution in [0, 0.1) is 0 Å². The quantitative estimate of drug-likeness (QED) is 0.511. The van der Waals surface area contributed by atoms with Gasteiger partial charge in [-0.1, -0.05) is 11.6 Å². The Morgan fingerprint density at radius 2 is 2.43 bits per heavy atom. The van der Waals surface area contributed by atoms with Gasteiger partial charge in [0.25, 0.3) is 5.82 Å². The summed E-state index contributed by atoms with van der Waals surface area (Å²) >= 11 is 5.63. The zero-order valence-electron chi connectivity index (χ0n) is 7.14. The summed E-state index contributed by atoms with van der Waals surface area (Å²) in [4.78, 5) is 18.7. The van der Waals surface area contributed by atoms with Crippen molar-refractivity contribution in [2.75, 3.05) is 7.11 Å². The van der Waals surface area contributed by atoms with E-state index in [-0.39, 0.29) is 5.82 Å². The van der Waals surface area contributed by atoms with Gasteiger partial charge in [0.1, 0.15) is 11.5 Å². The summed E-state index contributed by atoms with van der Waals surface area (Å²) in [6, 6.07) is 1.50. The highest BCUT2D eigenvalue weighted by Gasteiger charge is 2.12. The lowest BCUT2D eigenvalue weighted by Gasteiger charge is -1.88. The molecule has 0 radical (unpaired) electrons. The molecule has 0 atom stereocenters.